The van der Waals surface area contributed by atoms with Crippen molar-refractivity contribution in [2.75, 3.05) is 6.26 Å². The Bertz CT molecular complexity index is 665. The molecular formula is C17H28N2O4S. The molecule has 0 saturated heterocycles. The number of benzene rings is 1. The van der Waals surface area contributed by atoms with Crippen molar-refractivity contribution in [3.8, 4) is 5.75 Å². The molecule has 0 spiro atoms. The third-order valence-corrected chi connectivity index (χ3v) is 3.86. The fourth-order valence-corrected chi connectivity index (χ4v) is 2.56. The van der Waals surface area contributed by atoms with Gasteiger partial charge in [-0.25, -0.2) is 4.79 Å². The third-order valence-electron chi connectivity index (χ3n) is 3.36. The molecule has 1 aromatic carbocycles. The van der Waals surface area contributed by atoms with Gasteiger partial charge < -0.3 is 14.4 Å². The summed E-state index contributed by atoms with van der Waals surface area (Å²) >= 11 is 0. The summed E-state index contributed by atoms with van der Waals surface area (Å²) in [5, 5.41) is 2.97. The smallest absolute Gasteiger partial charge is 0.318 e. The second kappa shape index (κ2) is 7.88. The number of carbonyl (C=O) groups excluding carboxylic acids is 1. The summed E-state index contributed by atoms with van der Waals surface area (Å²) in [6, 6.07) is 6.67. The quantitative estimate of drug-likeness (QED) is 0.795. The predicted molar refractivity (Wildman–Crippen MR) is 95.5 cm³/mol. The van der Waals surface area contributed by atoms with Crippen molar-refractivity contribution in [2.45, 2.75) is 59.2 Å². The minimum absolute atomic E-state index is 0.0480. The van der Waals surface area contributed by atoms with Gasteiger partial charge in [-0.1, -0.05) is 19.1 Å². The molecule has 0 heterocycles. The zero-order chi connectivity index (χ0) is 18.5. The monoisotopic (exact) mass is 356 g/mol. The molecule has 0 aliphatic carbocycles. The number of nitrogens with one attached hydrogen (secondary N) is 1. The van der Waals surface area contributed by atoms with Crippen LogP contribution in [0.25, 0.3) is 0 Å². The van der Waals surface area contributed by atoms with Gasteiger partial charge in [-0.05, 0) is 51.8 Å². The molecule has 1 aromatic rings. The highest BCUT2D eigenvalue weighted by Crippen LogP contribution is 2.18. The van der Waals surface area contributed by atoms with Crippen molar-refractivity contribution >= 4 is 16.1 Å². The Labute approximate surface area is 145 Å². The van der Waals surface area contributed by atoms with Crippen LogP contribution in [0.1, 0.15) is 46.6 Å². The first-order valence-electron chi connectivity index (χ1n) is 7.98. The zero-order valence-electron chi connectivity index (χ0n) is 15.3. The SMILES string of the molecule is CC[C@@H](C)N(Cc1cccc(OS(C)(=O)=O)c1)C(=O)NC(C)(C)C. The van der Waals surface area contributed by atoms with E-state index in [2.05, 4.69) is 5.32 Å². The second-order valence-corrected chi connectivity index (χ2v) is 8.58. The molecule has 2 amide bonds. The highest BCUT2D eigenvalue weighted by Gasteiger charge is 2.23. The molecule has 1 N–H and O–H groups in total. The van der Waals surface area contributed by atoms with E-state index in [-0.39, 0.29) is 23.4 Å². The van der Waals surface area contributed by atoms with Crippen LogP contribution in [0, 0.1) is 0 Å². The molecule has 0 fully saturated rings. The summed E-state index contributed by atoms with van der Waals surface area (Å²) in [4.78, 5) is 14.3. The topological polar surface area (TPSA) is 75.7 Å². The summed E-state index contributed by atoms with van der Waals surface area (Å²) in [5.74, 6) is 0.246. The Morgan fingerprint density at radius 1 is 1.33 bits per heavy atom. The van der Waals surface area contributed by atoms with E-state index in [1.54, 1.807) is 23.1 Å². The van der Waals surface area contributed by atoms with E-state index < -0.39 is 10.1 Å². The van der Waals surface area contributed by atoms with Gasteiger partial charge in [0.25, 0.3) is 0 Å². The molecule has 0 aromatic heterocycles. The predicted octanol–water partition coefficient (Wildman–Crippen LogP) is 3.13. The van der Waals surface area contributed by atoms with Crippen LogP contribution in [0.3, 0.4) is 0 Å². The van der Waals surface area contributed by atoms with E-state index in [1.807, 2.05) is 40.7 Å². The van der Waals surface area contributed by atoms with Crippen molar-refractivity contribution in [2.24, 2.45) is 0 Å². The van der Waals surface area contributed by atoms with Crippen LogP contribution in [0.5, 0.6) is 5.75 Å². The molecule has 0 unspecified atom stereocenters. The number of rotatable bonds is 6. The van der Waals surface area contributed by atoms with Crippen LogP contribution in [0.15, 0.2) is 24.3 Å². The molecule has 24 heavy (non-hydrogen) atoms. The number of hydrogen-bond donors (Lipinski definition) is 1. The maximum atomic E-state index is 12.6. The van der Waals surface area contributed by atoms with Crippen molar-refractivity contribution < 1.29 is 17.4 Å². The molecule has 1 atom stereocenters. The van der Waals surface area contributed by atoms with Gasteiger partial charge in [-0.2, -0.15) is 8.42 Å². The highest BCUT2D eigenvalue weighted by molar-refractivity contribution is 7.86. The van der Waals surface area contributed by atoms with Crippen molar-refractivity contribution in [1.82, 2.24) is 10.2 Å². The molecule has 1 rings (SSSR count). The number of amides is 2. The summed E-state index contributed by atoms with van der Waals surface area (Å²) in [7, 11) is -3.58. The maximum Gasteiger partial charge on any atom is 0.318 e. The van der Waals surface area contributed by atoms with E-state index in [1.165, 1.54) is 0 Å². The molecule has 136 valence electrons. The minimum atomic E-state index is -3.58. The van der Waals surface area contributed by atoms with Gasteiger partial charge in [-0.15, -0.1) is 0 Å². The standard InChI is InChI=1S/C17H28N2O4S/c1-7-13(2)19(16(20)18-17(3,4)5)12-14-9-8-10-15(11-14)23-24(6,21)22/h8-11,13H,7,12H2,1-6H3,(H,18,20)/t13-/m1/s1. The number of urea groups is 1. The molecular weight excluding hydrogens is 328 g/mol. The first-order valence-corrected chi connectivity index (χ1v) is 9.80. The van der Waals surface area contributed by atoms with Crippen LogP contribution in [0.2, 0.25) is 0 Å². The highest BCUT2D eigenvalue weighted by atomic mass is 32.2. The van der Waals surface area contributed by atoms with E-state index in [0.29, 0.717) is 6.54 Å². The minimum Gasteiger partial charge on any atom is -0.383 e. The maximum absolute atomic E-state index is 12.6. The average Bonchev–Trinajstić information content (AvgIpc) is 2.40. The molecule has 7 heteroatoms. The fourth-order valence-electron chi connectivity index (χ4n) is 2.11. The zero-order valence-corrected chi connectivity index (χ0v) is 16.1. The van der Waals surface area contributed by atoms with Gasteiger partial charge in [0.2, 0.25) is 0 Å². The van der Waals surface area contributed by atoms with E-state index in [4.69, 9.17) is 4.18 Å². The Morgan fingerprint density at radius 2 is 1.96 bits per heavy atom. The lowest BCUT2D eigenvalue weighted by atomic mass is 10.1. The van der Waals surface area contributed by atoms with Gasteiger partial charge in [0.05, 0.1) is 6.26 Å². The molecule has 0 bridgehead atoms. The van der Waals surface area contributed by atoms with Gasteiger partial charge in [0, 0.05) is 18.1 Å². The lowest BCUT2D eigenvalue weighted by molar-refractivity contribution is 0.165. The van der Waals surface area contributed by atoms with Gasteiger partial charge in [0.15, 0.2) is 0 Å². The normalized spacial score (nSPS) is 13.2. The molecule has 6 nitrogen and oxygen atoms in total. The Hall–Kier alpha value is -1.76. The molecule has 0 aliphatic rings. The fraction of sp³-hybridized carbons (Fsp3) is 0.588. The van der Waals surface area contributed by atoms with E-state index in [0.717, 1.165) is 18.2 Å². The number of hydrogen-bond acceptors (Lipinski definition) is 4. The summed E-state index contributed by atoms with van der Waals surface area (Å²) in [5.41, 5.74) is 0.477. The van der Waals surface area contributed by atoms with Gasteiger partial charge in [-0.3, -0.25) is 0 Å². The molecule has 0 radical (unpaired) electrons. The Balaban J connectivity index is 2.98. The summed E-state index contributed by atoms with van der Waals surface area (Å²) < 4.78 is 27.4. The van der Waals surface area contributed by atoms with Gasteiger partial charge >= 0.3 is 16.1 Å². The van der Waals surface area contributed by atoms with Gasteiger partial charge in [0.1, 0.15) is 5.75 Å². The van der Waals surface area contributed by atoms with Crippen LogP contribution in [-0.4, -0.2) is 37.2 Å². The summed E-state index contributed by atoms with van der Waals surface area (Å²) in [6.07, 6.45) is 1.82. The first-order chi connectivity index (χ1) is 10.9. The third kappa shape index (κ3) is 7.21. The molecule has 0 saturated carbocycles. The summed E-state index contributed by atoms with van der Waals surface area (Å²) in [6.45, 7) is 10.2. The lowest BCUT2D eigenvalue weighted by Crippen LogP contribution is -2.50. The Kier molecular flexibility index (Phi) is 6.66. The second-order valence-electron chi connectivity index (χ2n) is 7.00. The number of carbonyl (C=O) groups is 1. The largest absolute Gasteiger partial charge is 0.383 e. The van der Waals surface area contributed by atoms with E-state index >= 15 is 0 Å². The number of nitrogens with zero attached hydrogens (tertiary/aromatic N) is 1. The molecule has 0 aliphatic heterocycles. The Morgan fingerprint density at radius 3 is 2.46 bits per heavy atom. The lowest BCUT2D eigenvalue weighted by Gasteiger charge is -2.32. The van der Waals surface area contributed by atoms with Crippen LogP contribution < -0.4 is 9.50 Å². The van der Waals surface area contributed by atoms with Crippen LogP contribution >= 0.6 is 0 Å². The first kappa shape index (κ1) is 20.3. The van der Waals surface area contributed by atoms with Crippen LogP contribution in [-0.2, 0) is 16.7 Å². The van der Waals surface area contributed by atoms with Crippen LogP contribution in [0.4, 0.5) is 4.79 Å². The van der Waals surface area contributed by atoms with Crippen molar-refractivity contribution in [3.05, 3.63) is 29.8 Å². The van der Waals surface area contributed by atoms with Crippen molar-refractivity contribution in [3.63, 3.8) is 0 Å². The van der Waals surface area contributed by atoms with E-state index in [9.17, 15) is 13.2 Å². The average molecular weight is 356 g/mol. The van der Waals surface area contributed by atoms with Crippen molar-refractivity contribution in [1.29, 1.82) is 0 Å².